The van der Waals surface area contributed by atoms with Crippen molar-refractivity contribution >= 4 is 22.6 Å². The molecule has 1 atom stereocenters. The van der Waals surface area contributed by atoms with Crippen molar-refractivity contribution in [2.45, 2.75) is 39.4 Å². The number of H-pyrrole nitrogens is 1. The molecule has 1 heterocycles. The third kappa shape index (κ3) is 5.98. The van der Waals surface area contributed by atoms with E-state index in [4.69, 9.17) is 4.74 Å². The predicted molar refractivity (Wildman–Crippen MR) is 141 cm³/mol. The van der Waals surface area contributed by atoms with E-state index in [0.29, 0.717) is 25.1 Å². The number of benzene rings is 3. The first-order valence-electron chi connectivity index (χ1n) is 12.1. The quantitative estimate of drug-likeness (QED) is 0.280. The molecule has 3 N–H and O–H groups in total. The Morgan fingerprint density at radius 2 is 1.81 bits per heavy atom. The lowest BCUT2D eigenvalue weighted by Gasteiger charge is -2.20. The zero-order valence-electron chi connectivity index (χ0n) is 20.9. The number of esters is 1. The van der Waals surface area contributed by atoms with Crippen LogP contribution in [0.5, 0.6) is 0 Å². The molecule has 36 heavy (non-hydrogen) atoms. The summed E-state index contributed by atoms with van der Waals surface area (Å²) in [4.78, 5) is 33.0. The number of rotatable bonds is 10. The van der Waals surface area contributed by atoms with Crippen molar-refractivity contribution in [3.8, 4) is 11.1 Å². The predicted octanol–water partition coefficient (Wildman–Crippen LogP) is 4.84. The molecular weight excluding hydrogens is 452 g/mol. The van der Waals surface area contributed by atoms with E-state index in [0.717, 1.165) is 33.2 Å². The van der Waals surface area contributed by atoms with Gasteiger partial charge in [0.1, 0.15) is 6.04 Å². The molecule has 0 radical (unpaired) electrons. The lowest BCUT2D eigenvalue weighted by molar-refractivity contribution is -0.143. The van der Waals surface area contributed by atoms with E-state index < -0.39 is 12.0 Å². The van der Waals surface area contributed by atoms with Crippen molar-refractivity contribution < 1.29 is 14.3 Å². The van der Waals surface area contributed by atoms with Crippen LogP contribution in [-0.2, 0) is 22.6 Å². The number of carbonyl (C=O) groups excluding carboxylic acids is 2. The first kappa shape index (κ1) is 25.1. The maximum atomic E-state index is 13.5. The summed E-state index contributed by atoms with van der Waals surface area (Å²) in [6.07, 6.45) is 3.94. The summed E-state index contributed by atoms with van der Waals surface area (Å²) < 4.78 is 4.95. The lowest BCUT2D eigenvalue weighted by Crippen LogP contribution is -2.42. The monoisotopic (exact) mass is 484 g/mol. The van der Waals surface area contributed by atoms with Crippen molar-refractivity contribution in [3.63, 3.8) is 0 Å². The van der Waals surface area contributed by atoms with E-state index in [1.165, 1.54) is 7.11 Å². The smallest absolute Gasteiger partial charge is 0.328 e. The largest absolute Gasteiger partial charge is 0.467 e. The van der Waals surface area contributed by atoms with Crippen LogP contribution >= 0.6 is 0 Å². The Balaban J connectivity index is 1.69. The summed E-state index contributed by atoms with van der Waals surface area (Å²) in [6, 6.07) is 19.3. The summed E-state index contributed by atoms with van der Waals surface area (Å²) in [5.41, 5.74) is 4.34. The van der Waals surface area contributed by atoms with Crippen LogP contribution in [-0.4, -0.2) is 35.0 Å². The normalized spacial score (nSPS) is 12.0. The zero-order valence-corrected chi connectivity index (χ0v) is 20.9. The fraction of sp³-hybridized carbons (Fsp3) is 0.276. The van der Waals surface area contributed by atoms with Crippen molar-refractivity contribution in [1.82, 2.24) is 20.6 Å². The van der Waals surface area contributed by atoms with Crippen molar-refractivity contribution in [2.24, 2.45) is 5.92 Å². The fourth-order valence-electron chi connectivity index (χ4n) is 4.37. The van der Waals surface area contributed by atoms with Gasteiger partial charge < -0.3 is 20.4 Å². The van der Waals surface area contributed by atoms with Crippen molar-refractivity contribution in [3.05, 3.63) is 90.0 Å². The molecule has 0 saturated heterocycles. The van der Waals surface area contributed by atoms with Gasteiger partial charge in [0.15, 0.2) is 0 Å². The molecule has 1 amide bonds. The first-order chi connectivity index (χ1) is 17.5. The Morgan fingerprint density at radius 1 is 1.00 bits per heavy atom. The second-order valence-corrected chi connectivity index (χ2v) is 9.27. The highest BCUT2D eigenvalue weighted by Gasteiger charge is 2.25. The van der Waals surface area contributed by atoms with Gasteiger partial charge >= 0.3 is 5.97 Å². The molecule has 0 aliphatic carbocycles. The molecule has 0 aliphatic rings. The van der Waals surface area contributed by atoms with Crippen LogP contribution in [0.3, 0.4) is 0 Å². The van der Waals surface area contributed by atoms with Gasteiger partial charge in [-0.15, -0.1) is 0 Å². The van der Waals surface area contributed by atoms with Crippen molar-refractivity contribution in [1.29, 1.82) is 0 Å². The van der Waals surface area contributed by atoms with Crippen LogP contribution in [0.4, 0.5) is 0 Å². The molecule has 7 heteroatoms. The van der Waals surface area contributed by atoms with E-state index in [-0.39, 0.29) is 11.8 Å². The van der Waals surface area contributed by atoms with Gasteiger partial charge in [-0.25, -0.2) is 9.78 Å². The molecule has 0 fully saturated rings. The van der Waals surface area contributed by atoms with Crippen LogP contribution < -0.4 is 10.6 Å². The summed E-state index contributed by atoms with van der Waals surface area (Å²) in [5.74, 6) is -0.524. The molecule has 0 bridgehead atoms. The van der Waals surface area contributed by atoms with Gasteiger partial charge in [-0.1, -0.05) is 62.4 Å². The third-order valence-electron chi connectivity index (χ3n) is 6.11. The number of nitrogens with zero attached hydrogens (tertiary/aromatic N) is 1. The average Bonchev–Trinajstić information content (AvgIpc) is 3.40. The standard InChI is InChI=1S/C29H32N4O3/c1-19(2)13-27(29(35)36-3)33-28(34)25-12-11-20(15-30-16-22-17-31-18-32-22)14-26(25)24-10-6-8-21-7-4-5-9-23(21)24/h4-12,14,17-19,27,30H,13,15-16H2,1-3H3,(H,31,32)(H,33,34). The molecular formula is C29H32N4O3. The van der Waals surface area contributed by atoms with Gasteiger partial charge in [0, 0.05) is 30.5 Å². The molecule has 7 nitrogen and oxygen atoms in total. The number of imidazole rings is 1. The number of aromatic amines is 1. The molecule has 186 valence electrons. The minimum atomic E-state index is -0.710. The first-order valence-corrected chi connectivity index (χ1v) is 12.1. The lowest BCUT2D eigenvalue weighted by atomic mass is 9.92. The number of carbonyl (C=O) groups is 2. The van der Waals surface area contributed by atoms with E-state index >= 15 is 0 Å². The van der Waals surface area contributed by atoms with Crippen LogP contribution in [0, 0.1) is 5.92 Å². The molecule has 0 aliphatic heterocycles. The van der Waals surface area contributed by atoms with E-state index in [1.807, 2.05) is 56.3 Å². The molecule has 1 aromatic heterocycles. The number of aromatic nitrogens is 2. The van der Waals surface area contributed by atoms with Crippen LogP contribution in [0.25, 0.3) is 21.9 Å². The van der Waals surface area contributed by atoms with Crippen LogP contribution in [0.1, 0.15) is 41.9 Å². The Hall–Kier alpha value is -3.97. The SMILES string of the molecule is COC(=O)C(CC(C)C)NC(=O)c1ccc(CNCc2cnc[nH]2)cc1-c1cccc2ccccc12. The maximum absolute atomic E-state index is 13.5. The molecule has 0 saturated carbocycles. The number of methoxy groups -OCH3 is 1. The number of amides is 1. The van der Waals surface area contributed by atoms with Crippen LogP contribution in [0.15, 0.2) is 73.2 Å². The van der Waals surface area contributed by atoms with Crippen LogP contribution in [0.2, 0.25) is 0 Å². The second kappa shape index (κ2) is 11.6. The second-order valence-electron chi connectivity index (χ2n) is 9.27. The topological polar surface area (TPSA) is 96.1 Å². The summed E-state index contributed by atoms with van der Waals surface area (Å²) in [6.45, 7) is 5.29. The zero-order chi connectivity index (χ0) is 25.5. The number of hydrogen-bond acceptors (Lipinski definition) is 5. The van der Waals surface area contributed by atoms with Gasteiger partial charge in [-0.3, -0.25) is 4.79 Å². The minimum Gasteiger partial charge on any atom is -0.467 e. The number of hydrogen-bond donors (Lipinski definition) is 3. The van der Waals surface area contributed by atoms with E-state index in [1.54, 1.807) is 12.5 Å². The van der Waals surface area contributed by atoms with Crippen molar-refractivity contribution in [2.75, 3.05) is 7.11 Å². The Labute approximate surface area is 211 Å². The highest BCUT2D eigenvalue weighted by Crippen LogP contribution is 2.32. The summed E-state index contributed by atoms with van der Waals surface area (Å²) >= 11 is 0. The average molecular weight is 485 g/mol. The third-order valence-corrected chi connectivity index (χ3v) is 6.11. The van der Waals surface area contributed by atoms with Gasteiger partial charge in [-0.05, 0) is 51.9 Å². The number of nitrogens with one attached hydrogen (secondary N) is 3. The maximum Gasteiger partial charge on any atom is 0.328 e. The molecule has 1 unspecified atom stereocenters. The summed E-state index contributed by atoms with van der Waals surface area (Å²) in [5, 5.41) is 8.48. The minimum absolute atomic E-state index is 0.218. The van der Waals surface area contributed by atoms with Gasteiger partial charge in [0.25, 0.3) is 5.91 Å². The molecule has 4 aromatic rings. The highest BCUT2D eigenvalue weighted by molar-refractivity contribution is 6.07. The van der Waals surface area contributed by atoms with Gasteiger partial charge in [-0.2, -0.15) is 0 Å². The molecule has 4 rings (SSSR count). The number of ether oxygens (including phenoxy) is 1. The Bertz CT molecular complexity index is 1330. The molecule has 0 spiro atoms. The molecule has 3 aromatic carbocycles. The van der Waals surface area contributed by atoms with Gasteiger partial charge in [0.2, 0.25) is 0 Å². The summed E-state index contributed by atoms with van der Waals surface area (Å²) in [7, 11) is 1.34. The Morgan fingerprint density at radius 3 is 2.56 bits per heavy atom. The fourth-order valence-corrected chi connectivity index (χ4v) is 4.37. The van der Waals surface area contributed by atoms with E-state index in [2.05, 4.69) is 38.8 Å². The van der Waals surface area contributed by atoms with Gasteiger partial charge in [0.05, 0.1) is 13.4 Å². The Kier molecular flexibility index (Phi) is 8.13. The number of fused-ring (bicyclic) bond motifs is 1. The highest BCUT2D eigenvalue weighted by atomic mass is 16.5. The van der Waals surface area contributed by atoms with E-state index in [9.17, 15) is 9.59 Å².